The largest absolute Gasteiger partial charge is 0.479 e. The SMILES string of the molecule is COc1nc(NCC(C)(C)C#N)nn2ccc(-c3ccc(N=N)c(NC[C@@H](C)F)c3)c12. The molecule has 0 saturated carbocycles. The van der Waals surface area contributed by atoms with Crippen molar-refractivity contribution in [3.8, 4) is 23.1 Å². The summed E-state index contributed by atoms with van der Waals surface area (Å²) < 4.78 is 20.5. The van der Waals surface area contributed by atoms with Crippen molar-refractivity contribution in [3.63, 3.8) is 0 Å². The highest BCUT2D eigenvalue weighted by atomic mass is 19.1. The Morgan fingerprint density at radius 2 is 2.13 bits per heavy atom. The monoisotopic (exact) mass is 424 g/mol. The van der Waals surface area contributed by atoms with Gasteiger partial charge in [-0.25, -0.2) is 14.4 Å². The van der Waals surface area contributed by atoms with E-state index in [1.165, 1.54) is 14.0 Å². The second-order valence-corrected chi connectivity index (χ2v) is 7.82. The third-order valence-electron chi connectivity index (χ3n) is 4.67. The number of aromatic nitrogens is 3. The van der Waals surface area contributed by atoms with Crippen LogP contribution in [-0.2, 0) is 0 Å². The minimum atomic E-state index is -1.04. The first kappa shape index (κ1) is 22.0. The number of ether oxygens (including phenoxy) is 1. The second kappa shape index (κ2) is 8.95. The van der Waals surface area contributed by atoms with Crippen LogP contribution in [0.3, 0.4) is 0 Å². The van der Waals surface area contributed by atoms with Crippen molar-refractivity contribution in [3.05, 3.63) is 30.5 Å². The molecule has 0 amide bonds. The summed E-state index contributed by atoms with van der Waals surface area (Å²) in [5, 5.41) is 23.2. The fourth-order valence-electron chi connectivity index (χ4n) is 2.98. The van der Waals surface area contributed by atoms with E-state index >= 15 is 0 Å². The van der Waals surface area contributed by atoms with E-state index < -0.39 is 11.6 Å². The lowest BCUT2D eigenvalue weighted by Gasteiger charge is -2.16. The number of rotatable bonds is 9. The molecule has 0 fully saturated rings. The molecule has 9 nitrogen and oxygen atoms in total. The highest BCUT2D eigenvalue weighted by Crippen LogP contribution is 2.36. The maximum atomic E-state index is 13.3. The minimum absolute atomic E-state index is 0.114. The Morgan fingerprint density at radius 1 is 1.35 bits per heavy atom. The Morgan fingerprint density at radius 3 is 2.77 bits per heavy atom. The summed E-state index contributed by atoms with van der Waals surface area (Å²) in [6.45, 7) is 5.61. The van der Waals surface area contributed by atoms with Gasteiger partial charge in [0.25, 0.3) is 0 Å². The second-order valence-electron chi connectivity index (χ2n) is 7.82. The van der Waals surface area contributed by atoms with Gasteiger partial charge >= 0.3 is 0 Å². The number of hydrogen-bond donors (Lipinski definition) is 3. The van der Waals surface area contributed by atoms with Gasteiger partial charge in [0, 0.05) is 24.8 Å². The third-order valence-corrected chi connectivity index (χ3v) is 4.67. The lowest BCUT2D eigenvalue weighted by Crippen LogP contribution is -2.22. The Labute approximate surface area is 179 Å². The predicted octanol–water partition coefficient (Wildman–Crippen LogP) is 4.80. The molecule has 1 atom stereocenters. The van der Waals surface area contributed by atoms with Crippen LogP contribution in [0.4, 0.5) is 21.7 Å². The van der Waals surface area contributed by atoms with Crippen LogP contribution in [-0.4, -0.2) is 41.0 Å². The molecule has 10 heteroatoms. The number of nitriles is 1. The fourth-order valence-corrected chi connectivity index (χ4v) is 2.98. The number of anilines is 2. The molecule has 0 spiro atoms. The zero-order valence-corrected chi connectivity index (χ0v) is 17.9. The number of alkyl halides is 1. The summed E-state index contributed by atoms with van der Waals surface area (Å²) >= 11 is 0. The van der Waals surface area contributed by atoms with Gasteiger partial charge in [-0.15, -0.1) is 5.10 Å². The van der Waals surface area contributed by atoms with Crippen molar-refractivity contribution in [2.24, 2.45) is 10.5 Å². The molecular weight excluding hydrogens is 399 g/mol. The first-order valence-electron chi connectivity index (χ1n) is 9.76. The van der Waals surface area contributed by atoms with E-state index in [0.29, 0.717) is 35.3 Å². The Kier molecular flexibility index (Phi) is 6.34. The van der Waals surface area contributed by atoms with Gasteiger partial charge < -0.3 is 15.4 Å². The van der Waals surface area contributed by atoms with E-state index in [-0.39, 0.29) is 6.54 Å². The maximum absolute atomic E-state index is 13.3. The molecule has 0 saturated heterocycles. The van der Waals surface area contributed by atoms with Crippen LogP contribution in [0.5, 0.6) is 5.88 Å². The van der Waals surface area contributed by atoms with Gasteiger partial charge in [0.15, 0.2) is 0 Å². The number of fused-ring (bicyclic) bond motifs is 1. The average molecular weight is 424 g/mol. The Balaban J connectivity index is 2.01. The molecule has 3 N–H and O–H groups in total. The normalized spacial score (nSPS) is 12.3. The molecule has 2 aromatic heterocycles. The van der Waals surface area contributed by atoms with E-state index in [0.717, 1.165) is 11.1 Å². The van der Waals surface area contributed by atoms with Crippen LogP contribution in [0, 0.1) is 22.3 Å². The van der Waals surface area contributed by atoms with Gasteiger partial charge in [0.2, 0.25) is 11.8 Å². The van der Waals surface area contributed by atoms with Crippen LogP contribution >= 0.6 is 0 Å². The first-order valence-corrected chi connectivity index (χ1v) is 9.76. The molecule has 0 aliphatic rings. The smallest absolute Gasteiger partial charge is 0.244 e. The van der Waals surface area contributed by atoms with Gasteiger partial charge in [-0.2, -0.15) is 15.4 Å². The Hall–Kier alpha value is -3.74. The minimum Gasteiger partial charge on any atom is -0.479 e. The molecule has 2 heterocycles. The third kappa shape index (κ3) is 4.88. The van der Waals surface area contributed by atoms with E-state index in [9.17, 15) is 9.65 Å². The molecule has 162 valence electrons. The summed E-state index contributed by atoms with van der Waals surface area (Å²) in [5.41, 5.74) is 10.1. The molecule has 31 heavy (non-hydrogen) atoms. The highest BCUT2D eigenvalue weighted by molar-refractivity contribution is 5.87. The first-order chi connectivity index (χ1) is 14.8. The van der Waals surface area contributed by atoms with Crippen LogP contribution in [0.25, 0.3) is 16.6 Å². The zero-order chi connectivity index (χ0) is 22.6. The summed E-state index contributed by atoms with van der Waals surface area (Å²) in [6.07, 6.45) is 0.748. The number of methoxy groups -OCH3 is 1. The van der Waals surface area contributed by atoms with Gasteiger partial charge in [-0.05, 0) is 44.5 Å². The maximum Gasteiger partial charge on any atom is 0.244 e. The van der Waals surface area contributed by atoms with Crippen molar-refractivity contribution in [1.82, 2.24) is 14.6 Å². The summed E-state index contributed by atoms with van der Waals surface area (Å²) in [4.78, 5) is 4.44. The van der Waals surface area contributed by atoms with Crippen LogP contribution < -0.4 is 15.4 Å². The van der Waals surface area contributed by atoms with Gasteiger partial charge in [0.1, 0.15) is 17.4 Å². The van der Waals surface area contributed by atoms with Crippen molar-refractivity contribution < 1.29 is 9.13 Å². The number of halogens is 1. The zero-order valence-electron chi connectivity index (χ0n) is 17.9. The van der Waals surface area contributed by atoms with E-state index in [1.807, 2.05) is 32.0 Å². The van der Waals surface area contributed by atoms with Gasteiger partial charge in [-0.1, -0.05) is 6.07 Å². The fraction of sp³-hybridized carbons (Fsp3) is 0.381. The summed E-state index contributed by atoms with van der Waals surface area (Å²) in [6, 6.07) is 9.44. The molecular formula is C21H25FN8O. The number of nitrogens with zero attached hydrogens (tertiary/aromatic N) is 5. The molecule has 3 rings (SSSR count). The van der Waals surface area contributed by atoms with Crippen molar-refractivity contribution in [2.75, 3.05) is 30.8 Å². The quantitative estimate of drug-likeness (QED) is 0.424. The van der Waals surface area contributed by atoms with Crippen molar-refractivity contribution in [2.45, 2.75) is 26.9 Å². The average Bonchev–Trinajstić information content (AvgIpc) is 3.19. The topological polar surface area (TPSA) is 123 Å². The van der Waals surface area contributed by atoms with E-state index in [1.54, 1.807) is 16.8 Å². The lowest BCUT2D eigenvalue weighted by atomic mass is 9.96. The molecule has 1 aromatic carbocycles. The standard InChI is InChI=1S/C21H25FN8O/c1-13(22)10-25-17-9-14(5-6-16(17)28-24)15-7-8-30-18(15)19(31-4)27-20(29-30)26-12-21(2,3)11-23/h5-9,13,24-25H,10,12H2,1-4H3,(H,26,29)/t13-/m1/s1. The molecule has 3 aromatic rings. The number of hydrogen-bond acceptors (Lipinski definition) is 8. The van der Waals surface area contributed by atoms with Crippen molar-refractivity contribution >= 4 is 22.8 Å². The van der Waals surface area contributed by atoms with Crippen LogP contribution in [0.1, 0.15) is 20.8 Å². The lowest BCUT2D eigenvalue weighted by molar-refractivity contribution is 0.378. The highest BCUT2D eigenvalue weighted by Gasteiger charge is 2.19. The van der Waals surface area contributed by atoms with Crippen LogP contribution in [0.15, 0.2) is 35.6 Å². The van der Waals surface area contributed by atoms with E-state index in [4.69, 9.17) is 10.3 Å². The van der Waals surface area contributed by atoms with Crippen LogP contribution in [0.2, 0.25) is 0 Å². The Bertz CT molecular complexity index is 1130. The predicted molar refractivity (Wildman–Crippen MR) is 117 cm³/mol. The van der Waals surface area contributed by atoms with Gasteiger partial charge in [0.05, 0.1) is 24.3 Å². The number of nitrogens with one attached hydrogen (secondary N) is 3. The van der Waals surface area contributed by atoms with Gasteiger partial charge in [-0.3, -0.25) is 0 Å². The molecule has 0 aliphatic carbocycles. The molecule has 0 bridgehead atoms. The molecule has 0 aliphatic heterocycles. The van der Waals surface area contributed by atoms with Crippen molar-refractivity contribution in [1.29, 1.82) is 10.8 Å². The number of benzene rings is 1. The molecule has 0 radical (unpaired) electrons. The van der Waals surface area contributed by atoms with E-state index in [2.05, 4.69) is 31.9 Å². The molecule has 0 unspecified atom stereocenters. The summed E-state index contributed by atoms with van der Waals surface area (Å²) in [7, 11) is 1.53. The summed E-state index contributed by atoms with van der Waals surface area (Å²) in [5.74, 6) is 0.714.